The maximum absolute atomic E-state index is 13.0. The number of hydrogen-bond acceptors (Lipinski definition) is 3. The predicted octanol–water partition coefficient (Wildman–Crippen LogP) is 2.21. The molecule has 106 valence electrons. The van der Waals surface area contributed by atoms with Crippen molar-refractivity contribution >= 4 is 11.6 Å². The summed E-state index contributed by atoms with van der Waals surface area (Å²) >= 11 is 0. The molecule has 4 nitrogen and oxygen atoms in total. The minimum Gasteiger partial charge on any atom is -0.395 e. The maximum atomic E-state index is 13.0. The molecule has 0 spiro atoms. The summed E-state index contributed by atoms with van der Waals surface area (Å²) in [5.41, 5.74) is 1.52. The summed E-state index contributed by atoms with van der Waals surface area (Å²) in [7, 11) is 0. The number of rotatable bonds is 3. The van der Waals surface area contributed by atoms with Gasteiger partial charge in [-0.05, 0) is 30.3 Å². The molecule has 0 aliphatic rings. The van der Waals surface area contributed by atoms with Crippen LogP contribution < -0.4 is 5.32 Å². The summed E-state index contributed by atoms with van der Waals surface area (Å²) in [5, 5.41) is 11.3. The van der Waals surface area contributed by atoms with Crippen molar-refractivity contribution in [1.29, 1.82) is 0 Å². The first kappa shape index (κ1) is 14.7. The van der Waals surface area contributed by atoms with E-state index in [9.17, 15) is 9.18 Å². The minimum absolute atomic E-state index is 0.0306. The van der Waals surface area contributed by atoms with Crippen LogP contribution >= 0.6 is 0 Å². The van der Waals surface area contributed by atoms with E-state index in [4.69, 9.17) is 5.11 Å². The van der Waals surface area contributed by atoms with Gasteiger partial charge in [0.15, 0.2) is 0 Å². The standard InChI is InChI=1S/C16H13FN2O2/c17-14-9-13(10-18-11-14)16(21)19-15-6-4-12(5-7-15)3-1-2-8-20/h4-7,9-11,20H,2,8H2,(H,19,21). The number of carbonyl (C=O) groups is 1. The van der Waals surface area contributed by atoms with Gasteiger partial charge in [-0.3, -0.25) is 9.78 Å². The Morgan fingerprint density at radius 1 is 1.29 bits per heavy atom. The second-order valence-corrected chi connectivity index (χ2v) is 4.20. The van der Waals surface area contributed by atoms with Gasteiger partial charge in [0, 0.05) is 23.9 Å². The van der Waals surface area contributed by atoms with Crippen LogP contribution in [-0.2, 0) is 0 Å². The smallest absolute Gasteiger partial charge is 0.257 e. The molecule has 1 aromatic heterocycles. The van der Waals surface area contributed by atoms with E-state index in [1.165, 1.54) is 6.20 Å². The van der Waals surface area contributed by atoms with E-state index in [0.717, 1.165) is 17.8 Å². The van der Waals surface area contributed by atoms with Gasteiger partial charge in [-0.1, -0.05) is 11.8 Å². The van der Waals surface area contributed by atoms with Crippen molar-refractivity contribution in [3.8, 4) is 11.8 Å². The highest BCUT2D eigenvalue weighted by Gasteiger charge is 2.07. The molecule has 1 heterocycles. The average Bonchev–Trinajstić information content (AvgIpc) is 2.49. The lowest BCUT2D eigenvalue weighted by Crippen LogP contribution is -2.12. The summed E-state index contributed by atoms with van der Waals surface area (Å²) < 4.78 is 13.0. The lowest BCUT2D eigenvalue weighted by atomic mass is 10.2. The number of pyridine rings is 1. The zero-order valence-corrected chi connectivity index (χ0v) is 11.1. The Labute approximate surface area is 121 Å². The number of nitrogens with one attached hydrogen (secondary N) is 1. The number of aromatic nitrogens is 1. The van der Waals surface area contributed by atoms with Crippen LogP contribution in [0.15, 0.2) is 42.7 Å². The molecular weight excluding hydrogens is 271 g/mol. The monoisotopic (exact) mass is 284 g/mol. The molecule has 2 aromatic rings. The minimum atomic E-state index is -0.558. The number of nitrogens with zero attached hydrogens (tertiary/aromatic N) is 1. The molecule has 0 radical (unpaired) electrons. The van der Waals surface area contributed by atoms with Gasteiger partial charge in [0.25, 0.3) is 5.91 Å². The molecular formula is C16H13FN2O2. The molecule has 0 aliphatic carbocycles. The highest BCUT2D eigenvalue weighted by atomic mass is 19.1. The Kier molecular flexibility index (Phi) is 5.02. The highest BCUT2D eigenvalue weighted by molar-refractivity contribution is 6.04. The maximum Gasteiger partial charge on any atom is 0.257 e. The largest absolute Gasteiger partial charge is 0.395 e. The number of benzene rings is 1. The lowest BCUT2D eigenvalue weighted by molar-refractivity contribution is 0.102. The second kappa shape index (κ2) is 7.17. The Bertz CT molecular complexity index is 687. The summed E-state index contributed by atoms with van der Waals surface area (Å²) in [5.74, 6) is 4.70. The van der Waals surface area contributed by atoms with Gasteiger partial charge in [0.1, 0.15) is 5.82 Å². The Morgan fingerprint density at radius 3 is 2.71 bits per heavy atom. The molecule has 2 N–H and O–H groups in total. The van der Waals surface area contributed by atoms with Crippen LogP contribution in [0.1, 0.15) is 22.3 Å². The molecule has 0 bridgehead atoms. The van der Waals surface area contributed by atoms with Crippen molar-refractivity contribution in [3.05, 3.63) is 59.7 Å². The molecule has 0 fully saturated rings. The summed E-state index contributed by atoms with van der Waals surface area (Å²) in [6, 6.07) is 8.03. The van der Waals surface area contributed by atoms with Gasteiger partial charge in [0.05, 0.1) is 18.4 Å². The van der Waals surface area contributed by atoms with E-state index < -0.39 is 11.7 Å². The van der Waals surface area contributed by atoms with Gasteiger partial charge in [-0.15, -0.1) is 0 Å². The fourth-order valence-electron chi connectivity index (χ4n) is 1.60. The van der Waals surface area contributed by atoms with Crippen molar-refractivity contribution in [2.45, 2.75) is 6.42 Å². The SMILES string of the molecule is O=C(Nc1ccc(C#CCCO)cc1)c1cncc(F)c1. The second-order valence-electron chi connectivity index (χ2n) is 4.20. The van der Waals surface area contributed by atoms with Gasteiger partial charge >= 0.3 is 0 Å². The van der Waals surface area contributed by atoms with Gasteiger partial charge in [0.2, 0.25) is 0 Å². The zero-order chi connectivity index (χ0) is 15.1. The van der Waals surface area contributed by atoms with E-state index in [2.05, 4.69) is 22.1 Å². The van der Waals surface area contributed by atoms with Crippen LogP contribution in [0.3, 0.4) is 0 Å². The number of aliphatic hydroxyl groups excluding tert-OH is 1. The van der Waals surface area contributed by atoms with E-state index in [0.29, 0.717) is 12.1 Å². The van der Waals surface area contributed by atoms with Crippen molar-refractivity contribution in [2.75, 3.05) is 11.9 Å². The Balaban J connectivity index is 2.04. The molecule has 0 saturated heterocycles. The lowest BCUT2D eigenvalue weighted by Gasteiger charge is -2.05. The highest BCUT2D eigenvalue weighted by Crippen LogP contribution is 2.11. The number of aliphatic hydroxyl groups is 1. The molecule has 0 atom stereocenters. The van der Waals surface area contributed by atoms with Crippen LogP contribution in [0.5, 0.6) is 0 Å². The first-order valence-electron chi connectivity index (χ1n) is 6.31. The average molecular weight is 284 g/mol. The van der Waals surface area contributed by atoms with Crippen molar-refractivity contribution < 1.29 is 14.3 Å². The number of hydrogen-bond donors (Lipinski definition) is 2. The number of halogens is 1. The molecule has 0 unspecified atom stereocenters. The summed E-state index contributed by atoms with van der Waals surface area (Å²) in [6.45, 7) is 0.0306. The number of carbonyl (C=O) groups excluding carboxylic acids is 1. The predicted molar refractivity (Wildman–Crippen MR) is 77.2 cm³/mol. The normalized spacial score (nSPS) is 9.62. The molecule has 21 heavy (non-hydrogen) atoms. The van der Waals surface area contributed by atoms with Crippen molar-refractivity contribution in [1.82, 2.24) is 4.98 Å². The first-order chi connectivity index (χ1) is 10.2. The third-order valence-corrected chi connectivity index (χ3v) is 2.58. The van der Waals surface area contributed by atoms with E-state index in [-0.39, 0.29) is 12.2 Å². The van der Waals surface area contributed by atoms with Crippen LogP contribution in [-0.4, -0.2) is 22.6 Å². The van der Waals surface area contributed by atoms with Crippen LogP contribution in [0.25, 0.3) is 0 Å². The topological polar surface area (TPSA) is 62.2 Å². The molecule has 1 amide bonds. The van der Waals surface area contributed by atoms with Crippen molar-refractivity contribution in [2.24, 2.45) is 0 Å². The fraction of sp³-hybridized carbons (Fsp3) is 0.125. The molecule has 1 aromatic carbocycles. The molecule has 2 rings (SSSR count). The van der Waals surface area contributed by atoms with Gasteiger partial charge in [-0.2, -0.15) is 0 Å². The first-order valence-corrected chi connectivity index (χ1v) is 6.31. The summed E-state index contributed by atoms with van der Waals surface area (Å²) in [6.07, 6.45) is 2.76. The van der Waals surface area contributed by atoms with Crippen LogP contribution in [0, 0.1) is 17.7 Å². The van der Waals surface area contributed by atoms with Gasteiger partial charge in [-0.25, -0.2) is 4.39 Å². The Morgan fingerprint density at radius 2 is 2.05 bits per heavy atom. The number of amides is 1. The quantitative estimate of drug-likeness (QED) is 0.849. The van der Waals surface area contributed by atoms with Crippen LogP contribution in [0.2, 0.25) is 0 Å². The van der Waals surface area contributed by atoms with E-state index >= 15 is 0 Å². The third kappa shape index (κ3) is 4.41. The molecule has 0 aliphatic heterocycles. The summed E-state index contributed by atoms with van der Waals surface area (Å²) in [4.78, 5) is 15.5. The molecule has 5 heteroatoms. The Hall–Kier alpha value is -2.71. The third-order valence-electron chi connectivity index (χ3n) is 2.58. The van der Waals surface area contributed by atoms with E-state index in [1.807, 2.05) is 0 Å². The zero-order valence-electron chi connectivity index (χ0n) is 11.1. The number of anilines is 1. The van der Waals surface area contributed by atoms with Crippen molar-refractivity contribution in [3.63, 3.8) is 0 Å². The van der Waals surface area contributed by atoms with Gasteiger partial charge < -0.3 is 10.4 Å². The fourth-order valence-corrected chi connectivity index (χ4v) is 1.60. The van der Waals surface area contributed by atoms with E-state index in [1.54, 1.807) is 24.3 Å². The molecule has 0 saturated carbocycles. The van der Waals surface area contributed by atoms with Crippen LogP contribution in [0.4, 0.5) is 10.1 Å².